The van der Waals surface area contributed by atoms with Crippen LogP contribution in [0.25, 0.3) is 0 Å². The van der Waals surface area contributed by atoms with E-state index in [2.05, 4.69) is 16.0 Å². The minimum Gasteiger partial charge on any atom is -0.334 e. The SMILES string of the molecule is C[C@@H]([NH2+]C1CCCCCCC1)C(=O)NC(=O)NC(C)(C)C. The number of urea groups is 1. The Morgan fingerprint density at radius 2 is 1.57 bits per heavy atom. The van der Waals surface area contributed by atoms with Crippen LogP contribution in [-0.2, 0) is 4.79 Å². The Morgan fingerprint density at radius 3 is 2.10 bits per heavy atom. The summed E-state index contributed by atoms with van der Waals surface area (Å²) in [7, 11) is 0. The van der Waals surface area contributed by atoms with Gasteiger partial charge in [0, 0.05) is 5.54 Å². The predicted octanol–water partition coefficient (Wildman–Crippen LogP) is 1.68. The lowest BCUT2D eigenvalue weighted by Crippen LogP contribution is -2.96. The molecule has 0 aromatic heterocycles. The van der Waals surface area contributed by atoms with Crippen LogP contribution in [0.2, 0.25) is 0 Å². The van der Waals surface area contributed by atoms with Crippen molar-refractivity contribution in [1.82, 2.24) is 10.6 Å². The molecule has 122 valence electrons. The Balaban J connectivity index is 2.37. The van der Waals surface area contributed by atoms with Crippen molar-refractivity contribution < 1.29 is 14.9 Å². The van der Waals surface area contributed by atoms with Gasteiger partial charge >= 0.3 is 6.03 Å². The number of hydrogen-bond acceptors (Lipinski definition) is 2. The Morgan fingerprint density at radius 1 is 1.05 bits per heavy atom. The van der Waals surface area contributed by atoms with E-state index in [0.29, 0.717) is 6.04 Å². The van der Waals surface area contributed by atoms with Crippen LogP contribution in [0, 0.1) is 0 Å². The number of nitrogens with two attached hydrogens (primary N) is 1. The normalized spacial score (nSPS) is 19.2. The molecule has 0 bridgehead atoms. The van der Waals surface area contributed by atoms with Crippen LogP contribution < -0.4 is 16.0 Å². The second-order valence-electron chi connectivity index (χ2n) is 7.28. The van der Waals surface area contributed by atoms with Gasteiger partial charge in [0.15, 0.2) is 6.04 Å². The number of amides is 3. The number of rotatable bonds is 3. The van der Waals surface area contributed by atoms with Gasteiger partial charge in [-0.2, -0.15) is 0 Å². The minimum atomic E-state index is -0.412. The Bertz CT molecular complexity index is 342. The van der Waals surface area contributed by atoms with E-state index in [9.17, 15) is 9.59 Å². The molecule has 0 unspecified atom stereocenters. The highest BCUT2D eigenvalue weighted by molar-refractivity contribution is 5.96. The molecule has 1 fully saturated rings. The van der Waals surface area contributed by atoms with Crippen LogP contribution in [0.5, 0.6) is 0 Å². The monoisotopic (exact) mass is 298 g/mol. The van der Waals surface area contributed by atoms with E-state index in [1.807, 2.05) is 27.7 Å². The second kappa shape index (κ2) is 8.37. The van der Waals surface area contributed by atoms with Crippen molar-refractivity contribution in [3.05, 3.63) is 0 Å². The van der Waals surface area contributed by atoms with Crippen LogP contribution in [0.3, 0.4) is 0 Å². The maximum Gasteiger partial charge on any atom is 0.322 e. The molecular weight excluding hydrogens is 266 g/mol. The zero-order valence-electron chi connectivity index (χ0n) is 14.0. The summed E-state index contributed by atoms with van der Waals surface area (Å²) in [5.74, 6) is -0.209. The zero-order valence-corrected chi connectivity index (χ0v) is 14.0. The summed E-state index contributed by atoms with van der Waals surface area (Å²) in [4.78, 5) is 23.8. The molecule has 0 radical (unpaired) electrons. The van der Waals surface area contributed by atoms with Crippen LogP contribution in [0.1, 0.15) is 72.6 Å². The van der Waals surface area contributed by atoms with Crippen molar-refractivity contribution >= 4 is 11.9 Å². The topological polar surface area (TPSA) is 74.8 Å². The fourth-order valence-electron chi connectivity index (χ4n) is 2.77. The van der Waals surface area contributed by atoms with Gasteiger partial charge in [-0.3, -0.25) is 10.1 Å². The van der Waals surface area contributed by atoms with Crippen molar-refractivity contribution in [1.29, 1.82) is 0 Å². The molecule has 0 heterocycles. The largest absolute Gasteiger partial charge is 0.334 e. The van der Waals surface area contributed by atoms with E-state index in [-0.39, 0.29) is 17.5 Å². The number of carbonyl (C=O) groups is 2. The predicted molar refractivity (Wildman–Crippen MR) is 83.9 cm³/mol. The van der Waals surface area contributed by atoms with Crippen molar-refractivity contribution in [2.45, 2.75) is 90.3 Å². The summed E-state index contributed by atoms with van der Waals surface area (Å²) < 4.78 is 0. The molecule has 5 nitrogen and oxygen atoms in total. The molecule has 0 aromatic carbocycles. The van der Waals surface area contributed by atoms with Gasteiger partial charge in [0.25, 0.3) is 5.91 Å². The molecule has 0 aromatic rings. The zero-order chi connectivity index (χ0) is 15.9. The summed E-state index contributed by atoms with van der Waals surface area (Å²) >= 11 is 0. The lowest BCUT2D eigenvalue weighted by molar-refractivity contribution is -0.708. The third-order valence-corrected chi connectivity index (χ3v) is 3.85. The summed E-state index contributed by atoms with van der Waals surface area (Å²) in [5, 5.41) is 7.31. The molecule has 5 heteroatoms. The molecule has 3 amide bonds. The highest BCUT2D eigenvalue weighted by Crippen LogP contribution is 2.15. The lowest BCUT2D eigenvalue weighted by Gasteiger charge is -2.23. The summed E-state index contributed by atoms with van der Waals surface area (Å²) in [5.41, 5.74) is -0.336. The first-order valence-corrected chi connectivity index (χ1v) is 8.26. The van der Waals surface area contributed by atoms with Gasteiger partial charge in [-0.05, 0) is 53.4 Å². The van der Waals surface area contributed by atoms with E-state index in [1.165, 1.54) is 44.9 Å². The molecule has 1 atom stereocenters. The molecule has 1 saturated carbocycles. The van der Waals surface area contributed by atoms with Crippen molar-refractivity contribution in [3.63, 3.8) is 0 Å². The van der Waals surface area contributed by atoms with Gasteiger partial charge < -0.3 is 10.6 Å². The van der Waals surface area contributed by atoms with Gasteiger partial charge in [0.05, 0.1) is 6.04 Å². The first-order chi connectivity index (χ1) is 9.78. The number of imide groups is 1. The van der Waals surface area contributed by atoms with Gasteiger partial charge in [0.2, 0.25) is 0 Å². The average molecular weight is 298 g/mol. The summed E-state index contributed by atoms with van der Waals surface area (Å²) in [6.07, 6.45) is 8.80. The molecule has 1 aliphatic carbocycles. The standard InChI is InChI=1S/C16H31N3O2/c1-12(14(20)18-15(21)19-16(2,3)4)17-13-10-8-6-5-7-9-11-13/h12-13,17H,5-11H2,1-4H3,(H2,18,19,20,21)/p+1/t12-/m1/s1. The quantitative estimate of drug-likeness (QED) is 0.741. The van der Waals surface area contributed by atoms with Crippen molar-refractivity contribution in [3.8, 4) is 0 Å². The van der Waals surface area contributed by atoms with Gasteiger partial charge in [0.1, 0.15) is 0 Å². The van der Waals surface area contributed by atoms with Gasteiger partial charge in [-0.15, -0.1) is 0 Å². The van der Waals surface area contributed by atoms with E-state index >= 15 is 0 Å². The maximum absolute atomic E-state index is 12.1. The number of carbonyl (C=O) groups excluding carboxylic acids is 2. The summed E-state index contributed by atoms with van der Waals surface area (Å²) in [6, 6.07) is -0.123. The minimum absolute atomic E-state index is 0.209. The molecule has 0 aliphatic heterocycles. The third-order valence-electron chi connectivity index (χ3n) is 3.85. The molecule has 4 N–H and O–H groups in total. The van der Waals surface area contributed by atoms with Gasteiger partial charge in [-0.1, -0.05) is 19.3 Å². The van der Waals surface area contributed by atoms with Crippen LogP contribution in [0.4, 0.5) is 4.79 Å². The highest BCUT2D eigenvalue weighted by atomic mass is 16.2. The highest BCUT2D eigenvalue weighted by Gasteiger charge is 2.24. The van der Waals surface area contributed by atoms with Crippen LogP contribution >= 0.6 is 0 Å². The lowest BCUT2D eigenvalue weighted by atomic mass is 9.96. The first-order valence-electron chi connectivity index (χ1n) is 8.26. The molecule has 0 spiro atoms. The smallest absolute Gasteiger partial charge is 0.322 e. The number of quaternary nitrogens is 1. The number of nitrogens with one attached hydrogen (secondary N) is 2. The van der Waals surface area contributed by atoms with E-state index in [0.717, 1.165) is 0 Å². The van der Waals surface area contributed by atoms with E-state index in [4.69, 9.17) is 0 Å². The Kier molecular flexibility index (Phi) is 7.15. The van der Waals surface area contributed by atoms with Crippen LogP contribution in [-0.4, -0.2) is 29.6 Å². The molecule has 1 rings (SSSR count). The second-order valence-corrected chi connectivity index (χ2v) is 7.28. The fourth-order valence-corrected chi connectivity index (χ4v) is 2.77. The van der Waals surface area contributed by atoms with E-state index < -0.39 is 6.03 Å². The Labute approximate surface area is 128 Å². The number of hydrogen-bond donors (Lipinski definition) is 3. The molecule has 0 saturated heterocycles. The van der Waals surface area contributed by atoms with Crippen molar-refractivity contribution in [2.75, 3.05) is 0 Å². The average Bonchev–Trinajstić information content (AvgIpc) is 2.29. The van der Waals surface area contributed by atoms with E-state index in [1.54, 1.807) is 0 Å². The fraction of sp³-hybridized carbons (Fsp3) is 0.875. The first kappa shape index (κ1) is 18.0. The molecule has 21 heavy (non-hydrogen) atoms. The Hall–Kier alpha value is -1.10. The van der Waals surface area contributed by atoms with Crippen molar-refractivity contribution in [2.24, 2.45) is 0 Å². The summed E-state index contributed by atoms with van der Waals surface area (Å²) in [6.45, 7) is 7.54. The third kappa shape index (κ3) is 8.05. The van der Waals surface area contributed by atoms with Gasteiger partial charge in [-0.25, -0.2) is 4.79 Å². The van der Waals surface area contributed by atoms with Crippen LogP contribution in [0.15, 0.2) is 0 Å². The maximum atomic E-state index is 12.1. The molecular formula is C16H32N3O2+. The molecule has 1 aliphatic rings.